The Balaban J connectivity index is 1.68. The Morgan fingerprint density at radius 1 is 0.906 bits per heavy atom. The van der Waals surface area contributed by atoms with Crippen molar-refractivity contribution in [3.63, 3.8) is 0 Å². The molecule has 0 aliphatic heterocycles. The molecule has 3 aromatic carbocycles. The summed E-state index contributed by atoms with van der Waals surface area (Å²) in [5.41, 5.74) is 3.96. The molecule has 3 nitrogen and oxygen atoms in total. The van der Waals surface area contributed by atoms with Gasteiger partial charge in [-0.2, -0.15) is 0 Å². The van der Waals surface area contributed by atoms with Crippen LogP contribution in [0.1, 0.15) is 37.5 Å². The summed E-state index contributed by atoms with van der Waals surface area (Å²) < 4.78 is 16.3. The number of nitrogens with zero attached hydrogens (tertiary/aromatic N) is 3. The second-order valence-electron chi connectivity index (χ2n) is 8.69. The molecule has 0 radical (unpaired) electrons. The van der Waals surface area contributed by atoms with E-state index in [1.807, 2.05) is 18.2 Å². The van der Waals surface area contributed by atoms with Gasteiger partial charge in [-0.3, -0.25) is 4.57 Å². The first kappa shape index (κ1) is 22.6. The van der Waals surface area contributed by atoms with Crippen LogP contribution in [0.15, 0.2) is 78.0 Å². The van der Waals surface area contributed by atoms with Gasteiger partial charge in [-0.15, -0.1) is 10.2 Å². The average molecular weight is 466 g/mol. The maximum absolute atomic E-state index is 14.3. The van der Waals surface area contributed by atoms with Crippen molar-refractivity contribution >= 4 is 23.4 Å². The number of aromatic nitrogens is 3. The van der Waals surface area contributed by atoms with Crippen molar-refractivity contribution in [1.29, 1.82) is 0 Å². The number of rotatable bonds is 6. The summed E-state index contributed by atoms with van der Waals surface area (Å²) in [7, 11) is 0. The molecule has 4 rings (SSSR count). The third kappa shape index (κ3) is 5.05. The summed E-state index contributed by atoms with van der Waals surface area (Å²) in [4.78, 5) is 0. The van der Waals surface area contributed by atoms with Crippen LogP contribution in [0, 0.1) is 5.82 Å². The highest BCUT2D eigenvalue weighted by atomic mass is 35.5. The standard InChI is InChI=1S/C26H25ClFN3S/c1-26(2,3)20-14-12-19(13-15-20)24-29-30-25(31(24)16-18-8-5-4-6-9-18)32-17-21-22(27)10-7-11-23(21)28/h4-15H,16-17H2,1-3H3. The van der Waals surface area contributed by atoms with E-state index in [9.17, 15) is 4.39 Å². The largest absolute Gasteiger partial charge is 0.298 e. The molecule has 0 amide bonds. The number of hydrogen-bond acceptors (Lipinski definition) is 3. The highest BCUT2D eigenvalue weighted by molar-refractivity contribution is 7.98. The van der Waals surface area contributed by atoms with Crippen molar-refractivity contribution in [2.45, 2.75) is 43.6 Å². The predicted octanol–water partition coefficient (Wildman–Crippen LogP) is 7.38. The zero-order valence-electron chi connectivity index (χ0n) is 18.3. The monoisotopic (exact) mass is 465 g/mol. The van der Waals surface area contributed by atoms with Crippen molar-refractivity contribution < 1.29 is 4.39 Å². The van der Waals surface area contributed by atoms with Crippen LogP contribution in [0.4, 0.5) is 4.39 Å². The fraction of sp³-hybridized carbons (Fsp3) is 0.231. The van der Waals surface area contributed by atoms with Crippen molar-refractivity contribution in [2.24, 2.45) is 0 Å². The van der Waals surface area contributed by atoms with Gasteiger partial charge in [-0.25, -0.2) is 4.39 Å². The van der Waals surface area contributed by atoms with Crippen LogP contribution < -0.4 is 0 Å². The van der Waals surface area contributed by atoms with Gasteiger partial charge in [0.1, 0.15) is 5.82 Å². The van der Waals surface area contributed by atoms with Gasteiger partial charge in [0.05, 0.1) is 6.54 Å². The van der Waals surface area contributed by atoms with Gasteiger partial charge in [0.25, 0.3) is 0 Å². The Hall–Kier alpha value is -2.63. The van der Waals surface area contributed by atoms with Gasteiger partial charge in [0, 0.05) is 21.9 Å². The normalized spacial score (nSPS) is 11.7. The van der Waals surface area contributed by atoms with Gasteiger partial charge in [0.2, 0.25) is 0 Å². The third-order valence-corrected chi connectivity index (χ3v) is 6.66. The molecule has 1 aromatic heterocycles. The zero-order valence-corrected chi connectivity index (χ0v) is 19.9. The van der Waals surface area contributed by atoms with Crippen molar-refractivity contribution in [3.8, 4) is 11.4 Å². The Labute approximate surface area is 197 Å². The molecular weight excluding hydrogens is 441 g/mol. The maximum Gasteiger partial charge on any atom is 0.192 e. The summed E-state index contributed by atoms with van der Waals surface area (Å²) in [6.07, 6.45) is 0. The molecule has 0 spiro atoms. The van der Waals surface area contributed by atoms with Crippen LogP contribution in [0.3, 0.4) is 0 Å². The van der Waals surface area contributed by atoms with E-state index in [-0.39, 0.29) is 11.2 Å². The first-order valence-electron chi connectivity index (χ1n) is 10.5. The second-order valence-corrected chi connectivity index (χ2v) is 10.0. The molecule has 6 heteroatoms. The molecule has 0 unspecified atom stereocenters. The van der Waals surface area contributed by atoms with E-state index in [4.69, 9.17) is 11.6 Å². The van der Waals surface area contributed by atoms with E-state index < -0.39 is 0 Å². The van der Waals surface area contributed by atoms with Crippen LogP contribution in [0.5, 0.6) is 0 Å². The maximum atomic E-state index is 14.3. The van der Waals surface area contributed by atoms with Crippen LogP contribution in [0.25, 0.3) is 11.4 Å². The van der Waals surface area contributed by atoms with E-state index in [0.29, 0.717) is 22.9 Å². The molecule has 164 valence electrons. The zero-order chi connectivity index (χ0) is 22.7. The lowest BCUT2D eigenvalue weighted by Gasteiger charge is -2.19. The molecule has 0 aliphatic rings. The van der Waals surface area contributed by atoms with Crippen LogP contribution in [-0.4, -0.2) is 14.8 Å². The Kier molecular flexibility index (Phi) is 6.68. The van der Waals surface area contributed by atoms with Gasteiger partial charge in [0.15, 0.2) is 11.0 Å². The number of halogens is 2. The third-order valence-electron chi connectivity index (χ3n) is 5.32. The molecule has 0 saturated heterocycles. The fourth-order valence-corrected chi connectivity index (χ4v) is 4.73. The summed E-state index contributed by atoms with van der Waals surface area (Å²) in [5, 5.41) is 10.1. The van der Waals surface area contributed by atoms with Gasteiger partial charge in [-0.1, -0.05) is 105 Å². The Morgan fingerprint density at radius 3 is 2.28 bits per heavy atom. The summed E-state index contributed by atoms with van der Waals surface area (Å²) in [6.45, 7) is 7.21. The molecule has 0 atom stereocenters. The molecule has 0 N–H and O–H groups in total. The van der Waals surface area contributed by atoms with Gasteiger partial charge in [-0.05, 0) is 28.7 Å². The lowest BCUT2D eigenvalue weighted by Crippen LogP contribution is -2.10. The highest BCUT2D eigenvalue weighted by Gasteiger charge is 2.18. The molecule has 0 fully saturated rings. The minimum Gasteiger partial charge on any atom is -0.298 e. The van der Waals surface area contributed by atoms with E-state index in [0.717, 1.165) is 22.1 Å². The Bertz CT molecular complexity index is 1180. The number of thioether (sulfide) groups is 1. The summed E-state index contributed by atoms with van der Waals surface area (Å²) >= 11 is 7.66. The second kappa shape index (κ2) is 9.47. The van der Waals surface area contributed by atoms with Gasteiger partial charge < -0.3 is 0 Å². The molecule has 0 aliphatic carbocycles. The molecule has 1 heterocycles. The fourth-order valence-electron chi connectivity index (χ4n) is 3.44. The first-order valence-corrected chi connectivity index (χ1v) is 11.8. The number of hydrogen-bond donors (Lipinski definition) is 0. The number of benzene rings is 3. The van der Waals surface area contributed by atoms with Crippen LogP contribution in [-0.2, 0) is 17.7 Å². The molecule has 32 heavy (non-hydrogen) atoms. The van der Waals surface area contributed by atoms with Gasteiger partial charge >= 0.3 is 0 Å². The van der Waals surface area contributed by atoms with E-state index >= 15 is 0 Å². The minimum atomic E-state index is -0.308. The summed E-state index contributed by atoms with van der Waals surface area (Å²) in [5.74, 6) is 0.857. The topological polar surface area (TPSA) is 30.7 Å². The van der Waals surface area contributed by atoms with E-state index in [1.165, 1.54) is 23.4 Å². The molecular formula is C26H25ClFN3S. The van der Waals surface area contributed by atoms with Crippen molar-refractivity contribution in [1.82, 2.24) is 14.8 Å². The first-order chi connectivity index (χ1) is 15.3. The molecule has 0 bridgehead atoms. The van der Waals surface area contributed by atoms with E-state index in [1.54, 1.807) is 12.1 Å². The molecule has 4 aromatic rings. The smallest absolute Gasteiger partial charge is 0.192 e. The van der Waals surface area contributed by atoms with Crippen molar-refractivity contribution in [2.75, 3.05) is 0 Å². The SMILES string of the molecule is CC(C)(C)c1ccc(-c2nnc(SCc3c(F)cccc3Cl)n2Cc2ccccc2)cc1. The Morgan fingerprint density at radius 2 is 1.62 bits per heavy atom. The minimum absolute atomic E-state index is 0.0796. The lowest BCUT2D eigenvalue weighted by molar-refractivity contribution is 0.590. The summed E-state index contributed by atoms with van der Waals surface area (Å²) in [6, 6.07) is 23.4. The average Bonchev–Trinajstić information content (AvgIpc) is 3.16. The van der Waals surface area contributed by atoms with Crippen molar-refractivity contribution in [3.05, 3.63) is 100 Å². The van der Waals surface area contributed by atoms with E-state index in [2.05, 4.69) is 71.9 Å². The van der Waals surface area contributed by atoms with Crippen LogP contribution >= 0.6 is 23.4 Å². The predicted molar refractivity (Wildman–Crippen MR) is 131 cm³/mol. The molecule has 0 saturated carbocycles. The highest BCUT2D eigenvalue weighted by Crippen LogP contribution is 2.31. The lowest BCUT2D eigenvalue weighted by atomic mass is 9.87. The quantitative estimate of drug-likeness (QED) is 0.278. The van der Waals surface area contributed by atoms with Crippen LogP contribution in [0.2, 0.25) is 5.02 Å².